The minimum absolute atomic E-state index is 0.776. The highest BCUT2D eigenvalue weighted by atomic mass is 15.2. The van der Waals surface area contributed by atoms with Crippen molar-refractivity contribution in [3.63, 3.8) is 0 Å². The first-order valence-electron chi connectivity index (χ1n) is 6.76. The Hall–Kier alpha value is -0.0800. The smallest absolute Gasteiger partial charge is 0.0207 e. The van der Waals surface area contributed by atoms with E-state index in [1.165, 1.54) is 64.6 Å². The van der Waals surface area contributed by atoms with Crippen LogP contribution >= 0.6 is 0 Å². The van der Waals surface area contributed by atoms with Crippen LogP contribution in [0.25, 0.3) is 0 Å². The molecule has 0 aromatic heterocycles. The van der Waals surface area contributed by atoms with E-state index in [4.69, 9.17) is 0 Å². The molecule has 2 fully saturated rings. The molecule has 0 amide bonds. The second kappa shape index (κ2) is 5.86. The van der Waals surface area contributed by atoms with Gasteiger partial charge in [-0.05, 0) is 45.3 Å². The Morgan fingerprint density at radius 1 is 1.20 bits per heavy atom. The third-order valence-electron chi connectivity index (χ3n) is 4.09. The molecule has 1 aliphatic heterocycles. The van der Waals surface area contributed by atoms with Crippen LogP contribution in [0.5, 0.6) is 0 Å². The van der Waals surface area contributed by atoms with E-state index in [0.717, 1.165) is 12.0 Å². The summed E-state index contributed by atoms with van der Waals surface area (Å²) < 4.78 is 0. The third-order valence-corrected chi connectivity index (χ3v) is 4.09. The van der Waals surface area contributed by atoms with Crippen LogP contribution in [0.15, 0.2) is 0 Å². The maximum absolute atomic E-state index is 3.69. The van der Waals surface area contributed by atoms with Crippen molar-refractivity contribution in [3.05, 3.63) is 0 Å². The summed E-state index contributed by atoms with van der Waals surface area (Å²) in [5, 5.41) is 3.69. The van der Waals surface area contributed by atoms with Gasteiger partial charge >= 0.3 is 0 Å². The Bertz CT molecular complexity index is 175. The molecule has 0 spiro atoms. The molecule has 1 aliphatic carbocycles. The molecule has 2 rings (SSSR count). The molecule has 1 atom stereocenters. The van der Waals surface area contributed by atoms with Crippen molar-refractivity contribution in [2.24, 2.45) is 5.92 Å². The van der Waals surface area contributed by atoms with Gasteiger partial charge in [-0.1, -0.05) is 25.7 Å². The molecule has 88 valence electrons. The van der Waals surface area contributed by atoms with Gasteiger partial charge in [-0.2, -0.15) is 0 Å². The zero-order valence-corrected chi connectivity index (χ0v) is 10.2. The summed E-state index contributed by atoms with van der Waals surface area (Å²) in [5.74, 6) is 1.07. The van der Waals surface area contributed by atoms with Gasteiger partial charge in [-0.15, -0.1) is 0 Å². The molecule has 1 heterocycles. The molecule has 0 aromatic carbocycles. The fraction of sp³-hybridized carbons (Fsp3) is 1.00. The summed E-state index contributed by atoms with van der Waals surface area (Å²) in [4.78, 5) is 2.43. The van der Waals surface area contributed by atoms with Gasteiger partial charge in [0.1, 0.15) is 0 Å². The summed E-state index contributed by atoms with van der Waals surface area (Å²) in [6.45, 7) is 3.78. The van der Waals surface area contributed by atoms with Gasteiger partial charge < -0.3 is 10.2 Å². The standard InChI is InChI=1S/C13H26N2/c1-15-10-8-13(11-15)14-9-4-7-12-5-2-3-6-12/h12-14H,2-11H2,1H3. The average Bonchev–Trinajstić information content (AvgIpc) is 2.84. The van der Waals surface area contributed by atoms with E-state index in [2.05, 4.69) is 17.3 Å². The lowest BCUT2D eigenvalue weighted by atomic mass is 10.0. The molecule has 1 saturated heterocycles. The third kappa shape index (κ3) is 3.76. The molecular weight excluding hydrogens is 184 g/mol. The first kappa shape index (κ1) is 11.4. The van der Waals surface area contributed by atoms with Gasteiger partial charge in [0.25, 0.3) is 0 Å². The van der Waals surface area contributed by atoms with E-state index in [1.54, 1.807) is 0 Å². The Balaban J connectivity index is 1.48. The van der Waals surface area contributed by atoms with Gasteiger partial charge in [0.2, 0.25) is 0 Å². The second-order valence-electron chi connectivity index (χ2n) is 5.49. The van der Waals surface area contributed by atoms with E-state index in [-0.39, 0.29) is 0 Å². The minimum atomic E-state index is 0.776. The monoisotopic (exact) mass is 210 g/mol. The Kier molecular flexibility index (Phi) is 4.45. The van der Waals surface area contributed by atoms with Crippen LogP contribution in [-0.2, 0) is 0 Å². The maximum Gasteiger partial charge on any atom is 0.0207 e. The van der Waals surface area contributed by atoms with Gasteiger partial charge in [-0.3, -0.25) is 0 Å². The van der Waals surface area contributed by atoms with Crippen LogP contribution in [0.1, 0.15) is 44.9 Å². The average molecular weight is 210 g/mol. The molecule has 15 heavy (non-hydrogen) atoms. The molecule has 2 heteroatoms. The van der Waals surface area contributed by atoms with Crippen molar-refractivity contribution < 1.29 is 0 Å². The van der Waals surface area contributed by atoms with Crippen molar-refractivity contribution in [3.8, 4) is 0 Å². The molecule has 2 nitrogen and oxygen atoms in total. The van der Waals surface area contributed by atoms with Gasteiger partial charge in [0.05, 0.1) is 0 Å². The van der Waals surface area contributed by atoms with Crippen LogP contribution in [0, 0.1) is 5.92 Å². The Morgan fingerprint density at radius 3 is 2.67 bits per heavy atom. The molecule has 1 unspecified atom stereocenters. The highest BCUT2D eigenvalue weighted by Crippen LogP contribution is 2.28. The van der Waals surface area contributed by atoms with E-state index in [9.17, 15) is 0 Å². The van der Waals surface area contributed by atoms with Crippen LogP contribution in [-0.4, -0.2) is 37.6 Å². The predicted molar refractivity (Wildman–Crippen MR) is 65.1 cm³/mol. The van der Waals surface area contributed by atoms with E-state index >= 15 is 0 Å². The topological polar surface area (TPSA) is 15.3 Å². The Labute approximate surface area is 94.4 Å². The van der Waals surface area contributed by atoms with Crippen molar-refractivity contribution in [1.82, 2.24) is 10.2 Å². The fourth-order valence-corrected chi connectivity index (χ4v) is 3.10. The molecule has 0 bridgehead atoms. The van der Waals surface area contributed by atoms with Crippen molar-refractivity contribution in [2.75, 3.05) is 26.7 Å². The second-order valence-corrected chi connectivity index (χ2v) is 5.49. The number of likely N-dealkylation sites (N-methyl/N-ethyl adjacent to an activating group) is 1. The quantitative estimate of drug-likeness (QED) is 0.700. The fourth-order valence-electron chi connectivity index (χ4n) is 3.10. The molecular formula is C13H26N2. The minimum Gasteiger partial charge on any atom is -0.313 e. The van der Waals surface area contributed by atoms with Crippen molar-refractivity contribution in [2.45, 2.75) is 51.0 Å². The summed E-state index contributed by atoms with van der Waals surface area (Å²) in [6, 6.07) is 0.776. The molecule has 0 aromatic rings. The first-order chi connectivity index (χ1) is 7.34. The highest BCUT2D eigenvalue weighted by molar-refractivity contribution is 4.78. The summed E-state index contributed by atoms with van der Waals surface area (Å²) in [6.07, 6.45) is 10.2. The molecule has 0 radical (unpaired) electrons. The molecule has 1 N–H and O–H groups in total. The van der Waals surface area contributed by atoms with Crippen molar-refractivity contribution >= 4 is 0 Å². The number of nitrogens with one attached hydrogen (secondary N) is 1. The summed E-state index contributed by atoms with van der Waals surface area (Å²) in [7, 11) is 2.22. The number of hydrogen-bond acceptors (Lipinski definition) is 2. The first-order valence-corrected chi connectivity index (χ1v) is 6.76. The lowest BCUT2D eigenvalue weighted by Crippen LogP contribution is -2.32. The molecule has 1 saturated carbocycles. The van der Waals surface area contributed by atoms with Crippen LogP contribution < -0.4 is 5.32 Å². The zero-order valence-electron chi connectivity index (χ0n) is 10.2. The summed E-state index contributed by atoms with van der Waals surface area (Å²) >= 11 is 0. The van der Waals surface area contributed by atoms with Crippen LogP contribution in [0.3, 0.4) is 0 Å². The Morgan fingerprint density at radius 2 is 2.00 bits per heavy atom. The van der Waals surface area contributed by atoms with Gasteiger partial charge in [-0.25, -0.2) is 0 Å². The maximum atomic E-state index is 3.69. The lowest BCUT2D eigenvalue weighted by Gasteiger charge is -2.14. The van der Waals surface area contributed by atoms with E-state index in [1.807, 2.05) is 0 Å². The predicted octanol–water partition coefficient (Wildman–Crippen LogP) is 2.25. The number of rotatable bonds is 5. The van der Waals surface area contributed by atoms with Crippen molar-refractivity contribution in [1.29, 1.82) is 0 Å². The van der Waals surface area contributed by atoms with E-state index in [0.29, 0.717) is 0 Å². The lowest BCUT2D eigenvalue weighted by molar-refractivity contribution is 0.392. The largest absolute Gasteiger partial charge is 0.313 e. The SMILES string of the molecule is CN1CCC(NCCCC2CCCC2)C1. The normalized spacial score (nSPS) is 29.0. The van der Waals surface area contributed by atoms with Gasteiger partial charge in [0.15, 0.2) is 0 Å². The number of nitrogens with zero attached hydrogens (tertiary/aromatic N) is 1. The van der Waals surface area contributed by atoms with Gasteiger partial charge in [0, 0.05) is 12.6 Å². The van der Waals surface area contributed by atoms with Crippen LogP contribution in [0.4, 0.5) is 0 Å². The van der Waals surface area contributed by atoms with E-state index < -0.39 is 0 Å². The highest BCUT2D eigenvalue weighted by Gasteiger charge is 2.18. The molecule has 2 aliphatic rings. The zero-order chi connectivity index (χ0) is 10.5. The number of hydrogen-bond donors (Lipinski definition) is 1. The summed E-state index contributed by atoms with van der Waals surface area (Å²) in [5.41, 5.74) is 0. The van der Waals surface area contributed by atoms with Crippen LogP contribution in [0.2, 0.25) is 0 Å². The number of likely N-dealkylation sites (tertiary alicyclic amines) is 1.